The molecule has 0 saturated carbocycles. The highest BCUT2D eigenvalue weighted by Gasteiger charge is 2.28. The van der Waals surface area contributed by atoms with E-state index in [1.54, 1.807) is 4.90 Å². The van der Waals surface area contributed by atoms with E-state index in [-0.39, 0.29) is 29.5 Å². The van der Waals surface area contributed by atoms with Crippen molar-refractivity contribution in [2.75, 3.05) is 6.54 Å². The lowest BCUT2D eigenvalue weighted by molar-refractivity contribution is 0.0618. The molecule has 2 atom stereocenters. The monoisotopic (exact) mass is 250 g/mol. The summed E-state index contributed by atoms with van der Waals surface area (Å²) in [6, 6.07) is 4.14. The third kappa shape index (κ3) is 2.56. The second kappa shape index (κ2) is 4.86. The number of hydrogen-bond acceptors (Lipinski definition) is 4. The number of carbonyl (C=O) groups is 1. The van der Waals surface area contributed by atoms with Crippen molar-refractivity contribution >= 4 is 5.91 Å². The molecule has 1 amide bonds. The van der Waals surface area contributed by atoms with Crippen molar-refractivity contribution in [3.05, 3.63) is 23.8 Å². The average Bonchev–Trinajstić information content (AvgIpc) is 2.26. The van der Waals surface area contributed by atoms with Gasteiger partial charge in [-0.05, 0) is 31.9 Å². The van der Waals surface area contributed by atoms with Gasteiger partial charge in [0, 0.05) is 30.3 Å². The Balaban J connectivity index is 2.20. The second-order valence-electron chi connectivity index (χ2n) is 4.87. The summed E-state index contributed by atoms with van der Waals surface area (Å²) in [5, 5.41) is 18.8. The summed E-state index contributed by atoms with van der Waals surface area (Å²) in [6.45, 7) is 2.57. The molecule has 1 aliphatic heterocycles. The number of benzene rings is 1. The zero-order valence-electron chi connectivity index (χ0n) is 10.3. The predicted molar refractivity (Wildman–Crippen MR) is 67.5 cm³/mol. The number of phenolic OH excluding ortho intramolecular Hbond substituents is 2. The SMILES string of the molecule is CC1CC(N)CCN1C(=O)c1cc(O)cc(O)c1. The number of aromatic hydroxyl groups is 2. The van der Waals surface area contributed by atoms with Crippen LogP contribution in [0, 0.1) is 0 Å². The van der Waals surface area contributed by atoms with Gasteiger partial charge < -0.3 is 20.8 Å². The largest absolute Gasteiger partial charge is 0.508 e. The van der Waals surface area contributed by atoms with E-state index in [1.165, 1.54) is 18.2 Å². The summed E-state index contributed by atoms with van der Waals surface area (Å²) in [5.74, 6) is -0.403. The zero-order chi connectivity index (χ0) is 13.3. The van der Waals surface area contributed by atoms with Gasteiger partial charge in [-0.2, -0.15) is 0 Å². The fourth-order valence-corrected chi connectivity index (χ4v) is 2.39. The second-order valence-corrected chi connectivity index (χ2v) is 4.87. The third-order valence-corrected chi connectivity index (χ3v) is 3.33. The molecule has 5 nitrogen and oxygen atoms in total. The van der Waals surface area contributed by atoms with Gasteiger partial charge in [-0.1, -0.05) is 0 Å². The maximum Gasteiger partial charge on any atom is 0.254 e. The first-order valence-corrected chi connectivity index (χ1v) is 6.07. The van der Waals surface area contributed by atoms with E-state index < -0.39 is 0 Å². The normalized spacial score (nSPS) is 24.0. The van der Waals surface area contributed by atoms with Crippen LogP contribution < -0.4 is 5.73 Å². The molecule has 0 bridgehead atoms. The molecule has 0 spiro atoms. The Kier molecular flexibility index (Phi) is 3.43. The molecular formula is C13H18N2O3. The lowest BCUT2D eigenvalue weighted by Crippen LogP contribution is -2.48. The number of likely N-dealkylation sites (tertiary alicyclic amines) is 1. The van der Waals surface area contributed by atoms with Crippen LogP contribution in [0.3, 0.4) is 0 Å². The van der Waals surface area contributed by atoms with E-state index in [2.05, 4.69) is 0 Å². The summed E-state index contributed by atoms with van der Waals surface area (Å²) in [7, 11) is 0. The van der Waals surface area contributed by atoms with Crippen LogP contribution in [0.25, 0.3) is 0 Å². The molecule has 4 N–H and O–H groups in total. The Labute approximate surface area is 106 Å². The van der Waals surface area contributed by atoms with Gasteiger partial charge in [0.05, 0.1) is 0 Å². The lowest BCUT2D eigenvalue weighted by atomic mass is 9.98. The maximum absolute atomic E-state index is 12.3. The smallest absolute Gasteiger partial charge is 0.254 e. The fourth-order valence-electron chi connectivity index (χ4n) is 2.39. The highest BCUT2D eigenvalue weighted by Crippen LogP contribution is 2.24. The molecule has 1 aromatic rings. The van der Waals surface area contributed by atoms with Gasteiger partial charge in [0.15, 0.2) is 0 Å². The van der Waals surface area contributed by atoms with E-state index in [9.17, 15) is 15.0 Å². The van der Waals surface area contributed by atoms with E-state index in [0.29, 0.717) is 12.1 Å². The summed E-state index contributed by atoms with van der Waals surface area (Å²) in [4.78, 5) is 14.0. The topological polar surface area (TPSA) is 86.8 Å². The number of carbonyl (C=O) groups excluding carboxylic acids is 1. The van der Waals surface area contributed by atoms with Crippen LogP contribution in [0.1, 0.15) is 30.1 Å². The van der Waals surface area contributed by atoms with Crippen molar-refractivity contribution < 1.29 is 15.0 Å². The number of hydrogen-bond donors (Lipinski definition) is 3. The minimum Gasteiger partial charge on any atom is -0.508 e. The van der Waals surface area contributed by atoms with Crippen molar-refractivity contribution in [1.82, 2.24) is 4.90 Å². The van der Waals surface area contributed by atoms with Gasteiger partial charge in [0.25, 0.3) is 5.91 Å². The Bertz CT molecular complexity index is 441. The fraction of sp³-hybridized carbons (Fsp3) is 0.462. The molecule has 1 heterocycles. The number of piperidine rings is 1. The lowest BCUT2D eigenvalue weighted by Gasteiger charge is -2.36. The van der Waals surface area contributed by atoms with E-state index in [0.717, 1.165) is 12.8 Å². The number of phenols is 2. The van der Waals surface area contributed by atoms with Crippen LogP contribution in [0.2, 0.25) is 0 Å². The molecule has 1 aromatic carbocycles. The molecule has 0 radical (unpaired) electrons. The van der Waals surface area contributed by atoms with Crippen molar-refractivity contribution in [3.63, 3.8) is 0 Å². The van der Waals surface area contributed by atoms with Crippen LogP contribution in [0.5, 0.6) is 11.5 Å². The van der Waals surface area contributed by atoms with Crippen molar-refractivity contribution in [1.29, 1.82) is 0 Å². The first-order chi connectivity index (χ1) is 8.47. The van der Waals surface area contributed by atoms with Crippen LogP contribution in [-0.4, -0.2) is 39.6 Å². The quantitative estimate of drug-likeness (QED) is 0.695. The van der Waals surface area contributed by atoms with Gasteiger partial charge in [-0.15, -0.1) is 0 Å². The summed E-state index contributed by atoms with van der Waals surface area (Å²) >= 11 is 0. The first kappa shape index (κ1) is 12.7. The van der Waals surface area contributed by atoms with Gasteiger partial charge in [0.2, 0.25) is 0 Å². The molecular weight excluding hydrogens is 232 g/mol. The average molecular weight is 250 g/mol. The van der Waals surface area contributed by atoms with Crippen LogP contribution in [0.15, 0.2) is 18.2 Å². The Morgan fingerprint density at radius 1 is 1.33 bits per heavy atom. The standard InChI is InChI=1S/C13H18N2O3/c1-8-4-10(14)2-3-15(8)13(18)9-5-11(16)7-12(17)6-9/h5-8,10,16-17H,2-4,14H2,1H3. The Morgan fingerprint density at radius 2 is 1.94 bits per heavy atom. The zero-order valence-corrected chi connectivity index (χ0v) is 10.3. The molecule has 1 aliphatic rings. The third-order valence-electron chi connectivity index (χ3n) is 3.33. The molecule has 5 heteroatoms. The summed E-state index contributed by atoms with van der Waals surface area (Å²) in [6.07, 6.45) is 1.55. The maximum atomic E-state index is 12.3. The van der Waals surface area contributed by atoms with E-state index >= 15 is 0 Å². The molecule has 2 unspecified atom stereocenters. The molecule has 98 valence electrons. The molecule has 1 fully saturated rings. The van der Waals surface area contributed by atoms with Gasteiger partial charge >= 0.3 is 0 Å². The van der Waals surface area contributed by atoms with Crippen LogP contribution >= 0.6 is 0 Å². The first-order valence-electron chi connectivity index (χ1n) is 6.07. The number of nitrogens with two attached hydrogens (primary N) is 1. The highest BCUT2D eigenvalue weighted by molar-refractivity contribution is 5.95. The Morgan fingerprint density at radius 3 is 2.50 bits per heavy atom. The number of amides is 1. The van der Waals surface area contributed by atoms with Gasteiger partial charge in [0.1, 0.15) is 11.5 Å². The van der Waals surface area contributed by atoms with Gasteiger partial charge in [-0.25, -0.2) is 0 Å². The minimum absolute atomic E-state index is 0.0748. The molecule has 18 heavy (non-hydrogen) atoms. The van der Waals surface area contributed by atoms with E-state index in [4.69, 9.17) is 5.73 Å². The van der Waals surface area contributed by atoms with Crippen molar-refractivity contribution in [2.45, 2.75) is 31.8 Å². The number of rotatable bonds is 1. The highest BCUT2D eigenvalue weighted by atomic mass is 16.3. The van der Waals surface area contributed by atoms with Crippen LogP contribution in [0.4, 0.5) is 0 Å². The predicted octanol–water partition coefficient (Wildman–Crippen LogP) is 1.05. The van der Waals surface area contributed by atoms with Crippen molar-refractivity contribution in [3.8, 4) is 11.5 Å². The molecule has 2 rings (SSSR count). The molecule has 0 aromatic heterocycles. The summed E-state index contributed by atoms with van der Waals surface area (Å²) in [5.41, 5.74) is 6.16. The van der Waals surface area contributed by atoms with Gasteiger partial charge in [-0.3, -0.25) is 4.79 Å². The van der Waals surface area contributed by atoms with Crippen LogP contribution in [-0.2, 0) is 0 Å². The Hall–Kier alpha value is -1.75. The van der Waals surface area contributed by atoms with Crippen molar-refractivity contribution in [2.24, 2.45) is 5.73 Å². The summed E-state index contributed by atoms with van der Waals surface area (Å²) < 4.78 is 0. The molecule has 1 saturated heterocycles. The van der Waals surface area contributed by atoms with E-state index in [1.807, 2.05) is 6.92 Å². The number of nitrogens with zero attached hydrogens (tertiary/aromatic N) is 1. The molecule has 0 aliphatic carbocycles. The minimum atomic E-state index is -0.180.